The minimum absolute atomic E-state index is 0.0126. The molecule has 1 amide bonds. The predicted molar refractivity (Wildman–Crippen MR) is 65.1 cm³/mol. The molecule has 3 rings (SSSR count). The first-order chi connectivity index (χ1) is 8.24. The molecule has 17 heavy (non-hydrogen) atoms. The van der Waals surface area contributed by atoms with Crippen LogP contribution in [0.15, 0.2) is 24.3 Å². The van der Waals surface area contributed by atoms with Crippen LogP contribution in [0.3, 0.4) is 0 Å². The second-order valence-electron chi connectivity index (χ2n) is 4.81. The number of benzene rings is 1. The van der Waals surface area contributed by atoms with Crippen molar-refractivity contribution in [3.05, 3.63) is 24.3 Å². The predicted octanol–water partition coefficient (Wildman–Crippen LogP) is 1.38. The first-order valence-corrected chi connectivity index (χ1v) is 6.04. The molecule has 3 unspecified atom stereocenters. The van der Waals surface area contributed by atoms with Gasteiger partial charge >= 0.3 is 0 Å². The van der Waals surface area contributed by atoms with Gasteiger partial charge in [0.05, 0.1) is 12.2 Å². The van der Waals surface area contributed by atoms with Crippen LogP contribution >= 0.6 is 0 Å². The molecule has 1 aromatic rings. The SMILES string of the molecule is CC1CC1NC(=O)C1CNc2ccccc2O1. The van der Waals surface area contributed by atoms with E-state index in [-0.39, 0.29) is 5.91 Å². The van der Waals surface area contributed by atoms with Crippen molar-refractivity contribution in [3.63, 3.8) is 0 Å². The quantitative estimate of drug-likeness (QED) is 0.810. The molecule has 1 heterocycles. The summed E-state index contributed by atoms with van der Waals surface area (Å²) < 4.78 is 5.68. The fourth-order valence-corrected chi connectivity index (χ4v) is 2.06. The second-order valence-corrected chi connectivity index (χ2v) is 4.81. The van der Waals surface area contributed by atoms with Crippen molar-refractivity contribution in [3.8, 4) is 5.75 Å². The molecule has 0 aromatic heterocycles. The molecular weight excluding hydrogens is 216 g/mol. The van der Waals surface area contributed by atoms with Crippen molar-refractivity contribution in [1.29, 1.82) is 0 Å². The van der Waals surface area contributed by atoms with Crippen LogP contribution in [0.1, 0.15) is 13.3 Å². The van der Waals surface area contributed by atoms with E-state index in [4.69, 9.17) is 4.74 Å². The van der Waals surface area contributed by atoms with Gasteiger partial charge in [0.15, 0.2) is 6.10 Å². The molecule has 1 aliphatic heterocycles. The first-order valence-electron chi connectivity index (χ1n) is 6.04. The maximum absolute atomic E-state index is 11.9. The van der Waals surface area contributed by atoms with Gasteiger partial charge in [-0.3, -0.25) is 4.79 Å². The maximum Gasteiger partial charge on any atom is 0.263 e. The number of hydrogen-bond donors (Lipinski definition) is 2. The van der Waals surface area contributed by atoms with Crippen LogP contribution in [0.2, 0.25) is 0 Å². The third kappa shape index (κ3) is 2.07. The fourth-order valence-electron chi connectivity index (χ4n) is 2.06. The molecule has 1 fully saturated rings. The van der Waals surface area contributed by atoms with Gasteiger partial charge in [-0.15, -0.1) is 0 Å². The lowest BCUT2D eigenvalue weighted by Crippen LogP contribution is -2.45. The largest absolute Gasteiger partial charge is 0.477 e. The van der Waals surface area contributed by atoms with Crippen molar-refractivity contribution < 1.29 is 9.53 Å². The molecule has 4 nitrogen and oxygen atoms in total. The summed E-state index contributed by atoms with van der Waals surface area (Å²) in [6, 6.07) is 8.03. The van der Waals surface area contributed by atoms with E-state index >= 15 is 0 Å². The summed E-state index contributed by atoms with van der Waals surface area (Å²) in [5.41, 5.74) is 0.955. The summed E-state index contributed by atoms with van der Waals surface area (Å²) >= 11 is 0. The number of carbonyl (C=O) groups is 1. The highest BCUT2D eigenvalue weighted by Crippen LogP contribution is 2.31. The van der Waals surface area contributed by atoms with Gasteiger partial charge in [0.2, 0.25) is 0 Å². The number of hydrogen-bond acceptors (Lipinski definition) is 3. The van der Waals surface area contributed by atoms with Crippen LogP contribution in [0.4, 0.5) is 5.69 Å². The summed E-state index contributed by atoms with van der Waals surface area (Å²) in [7, 11) is 0. The van der Waals surface area contributed by atoms with E-state index in [0.29, 0.717) is 18.5 Å². The Morgan fingerprint density at radius 2 is 2.24 bits per heavy atom. The number of fused-ring (bicyclic) bond motifs is 1. The number of rotatable bonds is 2. The van der Waals surface area contributed by atoms with E-state index in [1.54, 1.807) is 0 Å². The molecule has 3 atom stereocenters. The molecule has 90 valence electrons. The van der Waals surface area contributed by atoms with Crippen molar-refractivity contribution in [2.45, 2.75) is 25.5 Å². The van der Waals surface area contributed by atoms with Crippen molar-refractivity contribution in [1.82, 2.24) is 5.32 Å². The van der Waals surface area contributed by atoms with Crippen LogP contribution in [0.5, 0.6) is 5.75 Å². The van der Waals surface area contributed by atoms with Crippen LogP contribution in [-0.4, -0.2) is 24.6 Å². The summed E-state index contributed by atoms with van der Waals surface area (Å²) in [6.07, 6.45) is 0.667. The number of carbonyl (C=O) groups excluding carboxylic acids is 1. The number of anilines is 1. The minimum atomic E-state index is -0.419. The molecular formula is C13H16N2O2. The average Bonchev–Trinajstić information content (AvgIpc) is 3.04. The smallest absolute Gasteiger partial charge is 0.263 e. The van der Waals surface area contributed by atoms with Crippen LogP contribution in [0.25, 0.3) is 0 Å². The van der Waals surface area contributed by atoms with Gasteiger partial charge in [0.1, 0.15) is 5.75 Å². The van der Waals surface area contributed by atoms with E-state index < -0.39 is 6.10 Å². The molecule has 1 aromatic carbocycles. The number of nitrogens with one attached hydrogen (secondary N) is 2. The van der Waals surface area contributed by atoms with Crippen LogP contribution in [0, 0.1) is 5.92 Å². The molecule has 2 N–H and O–H groups in total. The van der Waals surface area contributed by atoms with E-state index in [2.05, 4.69) is 17.6 Å². The molecule has 4 heteroatoms. The molecule has 0 saturated heterocycles. The van der Waals surface area contributed by atoms with Gasteiger partial charge in [-0.05, 0) is 24.5 Å². The Bertz CT molecular complexity index is 447. The maximum atomic E-state index is 11.9. The molecule has 1 aliphatic carbocycles. The molecule has 0 bridgehead atoms. The zero-order chi connectivity index (χ0) is 11.8. The lowest BCUT2D eigenvalue weighted by Gasteiger charge is -2.26. The van der Waals surface area contributed by atoms with E-state index in [1.165, 1.54) is 0 Å². The van der Waals surface area contributed by atoms with Crippen molar-refractivity contribution in [2.24, 2.45) is 5.92 Å². The van der Waals surface area contributed by atoms with Crippen LogP contribution < -0.4 is 15.4 Å². The fraction of sp³-hybridized carbons (Fsp3) is 0.462. The van der Waals surface area contributed by atoms with E-state index in [9.17, 15) is 4.79 Å². The van der Waals surface area contributed by atoms with Crippen molar-refractivity contribution in [2.75, 3.05) is 11.9 Å². The van der Waals surface area contributed by atoms with Gasteiger partial charge in [0, 0.05) is 6.04 Å². The third-order valence-corrected chi connectivity index (χ3v) is 3.36. The Balaban J connectivity index is 1.65. The highest BCUT2D eigenvalue weighted by atomic mass is 16.5. The average molecular weight is 232 g/mol. The first kappa shape index (κ1) is 10.4. The highest BCUT2D eigenvalue weighted by Gasteiger charge is 2.36. The summed E-state index contributed by atoms with van der Waals surface area (Å²) in [5, 5.41) is 6.21. The Kier molecular flexibility index (Phi) is 2.42. The van der Waals surface area contributed by atoms with Crippen LogP contribution in [-0.2, 0) is 4.79 Å². The molecule has 1 saturated carbocycles. The Morgan fingerprint density at radius 1 is 1.47 bits per heavy atom. The Hall–Kier alpha value is -1.71. The van der Waals surface area contributed by atoms with Crippen molar-refractivity contribution >= 4 is 11.6 Å². The van der Waals surface area contributed by atoms with Gasteiger partial charge in [-0.25, -0.2) is 0 Å². The molecule has 0 spiro atoms. The van der Waals surface area contributed by atoms with E-state index in [0.717, 1.165) is 17.9 Å². The summed E-state index contributed by atoms with van der Waals surface area (Å²) in [6.45, 7) is 2.67. The second kappa shape index (κ2) is 3.95. The van der Waals surface area contributed by atoms with Gasteiger partial charge in [-0.1, -0.05) is 19.1 Å². The normalized spacial score (nSPS) is 29.6. The Labute approximate surface area is 100 Å². The van der Waals surface area contributed by atoms with Gasteiger partial charge in [0.25, 0.3) is 5.91 Å². The summed E-state index contributed by atoms with van der Waals surface area (Å²) in [5.74, 6) is 1.35. The standard InChI is InChI=1S/C13H16N2O2/c1-8-6-10(8)15-13(16)12-7-14-9-4-2-3-5-11(9)17-12/h2-5,8,10,12,14H,6-7H2,1H3,(H,15,16). The topological polar surface area (TPSA) is 50.4 Å². The minimum Gasteiger partial charge on any atom is -0.477 e. The molecule has 0 radical (unpaired) electrons. The van der Waals surface area contributed by atoms with Gasteiger partial charge < -0.3 is 15.4 Å². The highest BCUT2D eigenvalue weighted by molar-refractivity contribution is 5.83. The lowest BCUT2D eigenvalue weighted by molar-refractivity contribution is -0.127. The number of para-hydroxylation sites is 2. The zero-order valence-corrected chi connectivity index (χ0v) is 9.77. The Morgan fingerprint density at radius 3 is 3.00 bits per heavy atom. The van der Waals surface area contributed by atoms with E-state index in [1.807, 2.05) is 24.3 Å². The number of amides is 1. The zero-order valence-electron chi connectivity index (χ0n) is 9.77. The van der Waals surface area contributed by atoms with Gasteiger partial charge in [-0.2, -0.15) is 0 Å². The third-order valence-electron chi connectivity index (χ3n) is 3.36. The molecule has 2 aliphatic rings. The lowest BCUT2D eigenvalue weighted by atomic mass is 10.2. The summed E-state index contributed by atoms with van der Waals surface area (Å²) in [4.78, 5) is 11.9. The number of ether oxygens (including phenoxy) is 1. The monoisotopic (exact) mass is 232 g/mol.